The van der Waals surface area contributed by atoms with Crippen molar-refractivity contribution in [2.45, 2.75) is 30.8 Å². The quantitative estimate of drug-likeness (QED) is 0.381. The lowest BCUT2D eigenvalue weighted by molar-refractivity contribution is -0.136. The third kappa shape index (κ3) is 6.75. The summed E-state index contributed by atoms with van der Waals surface area (Å²) in [7, 11) is -4.38. The molecule has 8 nitrogen and oxygen atoms in total. The molecule has 0 atom stereocenters. The van der Waals surface area contributed by atoms with E-state index in [-0.39, 0.29) is 22.8 Å². The van der Waals surface area contributed by atoms with Crippen LogP contribution in [0.5, 0.6) is 11.5 Å². The molecule has 3 aromatic carbocycles. The lowest BCUT2D eigenvalue weighted by atomic mass is 10.0. The number of anilines is 1. The highest BCUT2D eigenvalue weighted by Gasteiger charge is 2.32. The predicted octanol–water partition coefficient (Wildman–Crippen LogP) is 4.42. The number of aryl methyl sites for hydroxylation is 1. The minimum Gasteiger partial charge on any atom is -0.481 e. The standard InChI is InChI=1S/C24H21F3N2O6S/c1-14-5-8-18(9-6-14)36(33,34)29-22-19(35-17-4-2-3-15(11-17)12-20(30)31)10-7-16(13-24(25,26)27)21(22)23(28)32/h2-11,29H,12-13H2,1H3,(H2,28,32)(H,30,31). The molecule has 0 saturated carbocycles. The lowest BCUT2D eigenvalue weighted by Gasteiger charge is -2.19. The summed E-state index contributed by atoms with van der Waals surface area (Å²) >= 11 is 0. The molecule has 4 N–H and O–H groups in total. The van der Waals surface area contributed by atoms with Crippen molar-refractivity contribution in [3.63, 3.8) is 0 Å². The van der Waals surface area contributed by atoms with Gasteiger partial charge in [0, 0.05) is 0 Å². The van der Waals surface area contributed by atoms with Gasteiger partial charge in [-0.05, 0) is 48.4 Å². The van der Waals surface area contributed by atoms with Gasteiger partial charge in [0.25, 0.3) is 15.9 Å². The monoisotopic (exact) mass is 522 g/mol. The molecule has 36 heavy (non-hydrogen) atoms. The number of nitrogens with one attached hydrogen (secondary N) is 1. The van der Waals surface area contributed by atoms with Crippen molar-refractivity contribution in [2.24, 2.45) is 5.73 Å². The molecular formula is C24H21F3N2O6S. The van der Waals surface area contributed by atoms with Crippen LogP contribution in [0.25, 0.3) is 0 Å². The summed E-state index contributed by atoms with van der Waals surface area (Å²) in [5, 5.41) is 9.00. The van der Waals surface area contributed by atoms with Gasteiger partial charge >= 0.3 is 12.1 Å². The third-order valence-corrected chi connectivity index (χ3v) is 6.31. The minimum absolute atomic E-state index is 0.0588. The predicted molar refractivity (Wildman–Crippen MR) is 125 cm³/mol. The molecule has 0 spiro atoms. The summed E-state index contributed by atoms with van der Waals surface area (Å²) in [4.78, 5) is 23.1. The number of carbonyl (C=O) groups is 2. The van der Waals surface area contributed by atoms with E-state index in [1.54, 1.807) is 6.92 Å². The van der Waals surface area contributed by atoms with Crippen molar-refractivity contribution in [1.82, 2.24) is 0 Å². The molecule has 12 heteroatoms. The molecule has 0 aliphatic carbocycles. The van der Waals surface area contributed by atoms with E-state index in [2.05, 4.69) is 4.72 Å². The van der Waals surface area contributed by atoms with Gasteiger partial charge in [-0.1, -0.05) is 35.9 Å². The highest BCUT2D eigenvalue weighted by molar-refractivity contribution is 7.92. The van der Waals surface area contributed by atoms with Crippen LogP contribution in [0.4, 0.5) is 18.9 Å². The Morgan fingerprint density at radius 2 is 1.72 bits per heavy atom. The van der Waals surface area contributed by atoms with Gasteiger partial charge in [-0.3, -0.25) is 14.3 Å². The number of hydrogen-bond donors (Lipinski definition) is 3. The maximum Gasteiger partial charge on any atom is 0.393 e. The number of rotatable bonds is 9. The van der Waals surface area contributed by atoms with Crippen LogP contribution in [0.1, 0.15) is 27.0 Å². The Labute approximate surface area is 204 Å². The number of sulfonamides is 1. The van der Waals surface area contributed by atoms with Crippen LogP contribution in [0.15, 0.2) is 65.6 Å². The first-order valence-electron chi connectivity index (χ1n) is 10.4. The van der Waals surface area contributed by atoms with Crippen molar-refractivity contribution < 1.29 is 41.0 Å². The second-order valence-corrected chi connectivity index (χ2v) is 9.55. The second-order valence-electron chi connectivity index (χ2n) is 7.87. The molecule has 3 aromatic rings. The van der Waals surface area contributed by atoms with Gasteiger partial charge in [-0.15, -0.1) is 0 Å². The van der Waals surface area contributed by atoms with Gasteiger partial charge in [0.05, 0.1) is 23.3 Å². The highest BCUT2D eigenvalue weighted by atomic mass is 32.2. The Hall–Kier alpha value is -4.06. The van der Waals surface area contributed by atoms with Crippen molar-refractivity contribution in [1.29, 1.82) is 0 Å². The van der Waals surface area contributed by atoms with Crippen LogP contribution < -0.4 is 15.2 Å². The number of nitrogens with two attached hydrogens (primary N) is 1. The first-order valence-corrected chi connectivity index (χ1v) is 11.8. The van der Waals surface area contributed by atoms with Crippen LogP contribution in [0.3, 0.4) is 0 Å². The normalized spacial score (nSPS) is 11.7. The number of ether oxygens (including phenoxy) is 1. The molecule has 0 saturated heterocycles. The minimum atomic E-state index is -4.72. The van der Waals surface area contributed by atoms with Gasteiger partial charge in [-0.25, -0.2) is 8.42 Å². The second kappa shape index (κ2) is 10.3. The Balaban J connectivity index is 2.15. The molecule has 0 aromatic heterocycles. The fraction of sp³-hybridized carbons (Fsp3) is 0.167. The first-order chi connectivity index (χ1) is 16.7. The Bertz CT molecular complexity index is 1400. The smallest absolute Gasteiger partial charge is 0.393 e. The average molecular weight is 523 g/mol. The zero-order valence-corrected chi connectivity index (χ0v) is 19.6. The molecule has 3 rings (SSSR count). The van der Waals surface area contributed by atoms with Crippen LogP contribution in [-0.2, 0) is 27.7 Å². The summed E-state index contributed by atoms with van der Waals surface area (Å²) in [5.41, 5.74) is 4.68. The third-order valence-electron chi connectivity index (χ3n) is 4.94. The van der Waals surface area contributed by atoms with Crippen molar-refractivity contribution in [3.05, 3.63) is 82.9 Å². The topological polar surface area (TPSA) is 136 Å². The molecule has 0 radical (unpaired) electrons. The fourth-order valence-corrected chi connectivity index (χ4v) is 4.47. The zero-order chi connectivity index (χ0) is 26.7. The van der Waals surface area contributed by atoms with Crippen LogP contribution in [-0.4, -0.2) is 31.6 Å². The van der Waals surface area contributed by atoms with Gasteiger partial charge in [-0.2, -0.15) is 13.2 Å². The molecule has 0 bridgehead atoms. The number of carboxylic acid groups (broad SMARTS) is 1. The molecular weight excluding hydrogens is 501 g/mol. The summed E-state index contributed by atoms with van der Waals surface area (Å²) < 4.78 is 73.5. The molecule has 0 aliphatic rings. The van der Waals surface area contributed by atoms with E-state index in [4.69, 9.17) is 15.6 Å². The Morgan fingerprint density at radius 1 is 1.06 bits per heavy atom. The summed E-state index contributed by atoms with van der Waals surface area (Å²) in [6.45, 7) is 1.74. The summed E-state index contributed by atoms with van der Waals surface area (Å²) in [6, 6.07) is 13.5. The highest BCUT2D eigenvalue weighted by Crippen LogP contribution is 2.38. The van der Waals surface area contributed by atoms with Crippen molar-refractivity contribution in [3.8, 4) is 11.5 Å². The fourth-order valence-electron chi connectivity index (χ4n) is 3.39. The number of carbonyl (C=O) groups excluding carboxylic acids is 1. The number of aliphatic carboxylic acids is 1. The number of hydrogen-bond acceptors (Lipinski definition) is 5. The maximum absolute atomic E-state index is 13.2. The number of halogens is 3. The Kier molecular flexibility index (Phi) is 7.58. The van der Waals surface area contributed by atoms with Crippen LogP contribution >= 0.6 is 0 Å². The van der Waals surface area contributed by atoms with Gasteiger partial charge in [0.1, 0.15) is 11.4 Å². The van der Waals surface area contributed by atoms with E-state index < -0.39 is 51.3 Å². The van der Waals surface area contributed by atoms with E-state index in [0.717, 1.165) is 17.7 Å². The number of primary amides is 1. The zero-order valence-electron chi connectivity index (χ0n) is 18.8. The van der Waals surface area contributed by atoms with E-state index in [1.807, 2.05) is 0 Å². The van der Waals surface area contributed by atoms with Crippen LogP contribution in [0, 0.1) is 6.92 Å². The average Bonchev–Trinajstić information content (AvgIpc) is 2.74. The summed E-state index contributed by atoms with van der Waals surface area (Å²) in [5.74, 6) is -2.66. The SMILES string of the molecule is Cc1ccc(S(=O)(=O)Nc2c(Oc3cccc(CC(=O)O)c3)ccc(CC(F)(F)F)c2C(N)=O)cc1. The van der Waals surface area contributed by atoms with Gasteiger partial charge in [0.15, 0.2) is 5.75 Å². The molecule has 0 aliphatic heterocycles. The molecule has 0 fully saturated rings. The number of benzene rings is 3. The summed E-state index contributed by atoms with van der Waals surface area (Å²) in [6.07, 6.45) is -6.59. The number of alkyl halides is 3. The van der Waals surface area contributed by atoms with Crippen LogP contribution in [0.2, 0.25) is 0 Å². The van der Waals surface area contributed by atoms with Crippen molar-refractivity contribution >= 4 is 27.6 Å². The number of amides is 1. The van der Waals surface area contributed by atoms with E-state index in [0.29, 0.717) is 5.56 Å². The molecule has 0 heterocycles. The Morgan fingerprint density at radius 3 is 2.31 bits per heavy atom. The van der Waals surface area contributed by atoms with E-state index in [1.165, 1.54) is 48.5 Å². The van der Waals surface area contributed by atoms with Gasteiger partial charge in [0.2, 0.25) is 0 Å². The molecule has 190 valence electrons. The van der Waals surface area contributed by atoms with E-state index >= 15 is 0 Å². The molecule has 0 unspecified atom stereocenters. The molecule has 1 amide bonds. The van der Waals surface area contributed by atoms with Gasteiger partial charge < -0.3 is 15.6 Å². The largest absolute Gasteiger partial charge is 0.481 e. The van der Waals surface area contributed by atoms with E-state index in [9.17, 15) is 31.2 Å². The van der Waals surface area contributed by atoms with Crippen molar-refractivity contribution in [2.75, 3.05) is 4.72 Å². The lowest BCUT2D eigenvalue weighted by Crippen LogP contribution is -2.23. The number of carboxylic acids is 1. The first kappa shape index (κ1) is 26.5. The maximum atomic E-state index is 13.2.